The Hall–Kier alpha value is 1.91. The first kappa shape index (κ1) is 15.7. The Bertz CT molecular complexity index is 37.9. The van der Waals surface area contributed by atoms with E-state index in [0.717, 1.165) is 0 Å². The maximum absolute atomic E-state index is 8.56. The molecule has 0 rings (SSSR count). The van der Waals surface area contributed by atoms with Crippen LogP contribution in [0.1, 0.15) is 1.43 Å². The molecule has 0 aromatic carbocycles. The number of rotatable bonds is 0. The SMILES string of the molecule is O=C(O)O.[H+].[K+].[Na+]. The largest absolute Gasteiger partial charge is 1.00 e. The van der Waals surface area contributed by atoms with Crippen molar-refractivity contribution in [2.45, 2.75) is 0 Å². The van der Waals surface area contributed by atoms with E-state index in [1.165, 1.54) is 0 Å². The first-order valence-electron chi connectivity index (χ1n) is 0.651. The van der Waals surface area contributed by atoms with Gasteiger partial charge in [0.2, 0.25) is 0 Å². The maximum atomic E-state index is 8.56. The van der Waals surface area contributed by atoms with E-state index in [4.69, 9.17) is 15.0 Å². The molecule has 0 aliphatic heterocycles. The van der Waals surface area contributed by atoms with Crippen LogP contribution in [0.25, 0.3) is 0 Å². The summed E-state index contributed by atoms with van der Waals surface area (Å²) < 4.78 is 0. The number of carboxylic acid groups (broad SMARTS) is 2. The Morgan fingerprint density at radius 3 is 1.50 bits per heavy atom. The molecule has 3 nitrogen and oxygen atoms in total. The molecule has 0 atom stereocenters. The van der Waals surface area contributed by atoms with Crippen LogP contribution in [0.5, 0.6) is 0 Å². The van der Waals surface area contributed by atoms with Gasteiger partial charge in [-0.05, 0) is 0 Å². The van der Waals surface area contributed by atoms with Crippen molar-refractivity contribution in [2.24, 2.45) is 0 Å². The number of hydrogen-bond donors (Lipinski definition) is 2. The average molecular weight is 125 g/mol. The molecule has 0 saturated carbocycles. The Morgan fingerprint density at radius 1 is 1.50 bits per heavy atom. The molecule has 2 N–H and O–H groups in total. The fourth-order valence-corrected chi connectivity index (χ4v) is 0. The average Bonchev–Trinajstić information content (AvgIpc) is 0.811. The third kappa shape index (κ3) is 39.1. The fourth-order valence-electron chi connectivity index (χ4n) is 0. The van der Waals surface area contributed by atoms with Crippen LogP contribution in [-0.4, -0.2) is 16.4 Å². The van der Waals surface area contributed by atoms with Gasteiger partial charge in [-0.25, -0.2) is 4.79 Å². The van der Waals surface area contributed by atoms with Crippen molar-refractivity contribution >= 4 is 6.16 Å². The van der Waals surface area contributed by atoms with E-state index >= 15 is 0 Å². The molecule has 0 radical (unpaired) electrons. The van der Waals surface area contributed by atoms with E-state index in [-0.39, 0.29) is 82.4 Å². The molecule has 24 valence electrons. The topological polar surface area (TPSA) is 57.5 Å². The summed E-state index contributed by atoms with van der Waals surface area (Å²) in [5, 5.41) is 13.9. The van der Waals surface area contributed by atoms with Crippen LogP contribution < -0.4 is 80.9 Å². The van der Waals surface area contributed by atoms with Gasteiger partial charge in [0.25, 0.3) is 0 Å². The van der Waals surface area contributed by atoms with Crippen LogP contribution in [0.2, 0.25) is 0 Å². The third-order valence-corrected chi connectivity index (χ3v) is 0. The Morgan fingerprint density at radius 2 is 1.50 bits per heavy atom. The third-order valence-electron chi connectivity index (χ3n) is 0. The summed E-state index contributed by atoms with van der Waals surface area (Å²) in [6, 6.07) is 0. The van der Waals surface area contributed by atoms with Gasteiger partial charge in [0.15, 0.2) is 0 Å². The summed E-state index contributed by atoms with van der Waals surface area (Å²) >= 11 is 0. The minimum Gasteiger partial charge on any atom is -0.450 e. The maximum Gasteiger partial charge on any atom is 1.00 e. The van der Waals surface area contributed by atoms with Crippen molar-refractivity contribution in [3.8, 4) is 0 Å². The molecule has 5 heteroatoms. The van der Waals surface area contributed by atoms with Gasteiger partial charge in [-0.1, -0.05) is 0 Å². The van der Waals surface area contributed by atoms with Gasteiger partial charge in [0.1, 0.15) is 0 Å². The van der Waals surface area contributed by atoms with E-state index in [2.05, 4.69) is 0 Å². The monoisotopic (exact) mass is 125 g/mol. The molecule has 0 aliphatic carbocycles. The van der Waals surface area contributed by atoms with Gasteiger partial charge in [0.05, 0.1) is 0 Å². The van der Waals surface area contributed by atoms with Crippen molar-refractivity contribution in [2.75, 3.05) is 0 Å². The molecule has 0 saturated heterocycles. The van der Waals surface area contributed by atoms with E-state index < -0.39 is 6.16 Å². The van der Waals surface area contributed by atoms with Crippen molar-refractivity contribution in [1.82, 2.24) is 0 Å². The number of hydrogen-bond acceptors (Lipinski definition) is 1. The summed E-state index contributed by atoms with van der Waals surface area (Å²) in [5.41, 5.74) is 0. The smallest absolute Gasteiger partial charge is 0.450 e. The molecule has 0 aromatic heterocycles. The molecule has 0 amide bonds. The van der Waals surface area contributed by atoms with Crippen LogP contribution in [-0.2, 0) is 0 Å². The van der Waals surface area contributed by atoms with Crippen molar-refractivity contribution in [1.29, 1.82) is 0 Å². The van der Waals surface area contributed by atoms with E-state index in [9.17, 15) is 0 Å². The minimum atomic E-state index is -1.83. The van der Waals surface area contributed by atoms with E-state index in [1.54, 1.807) is 0 Å². The summed E-state index contributed by atoms with van der Waals surface area (Å²) in [4.78, 5) is 8.56. The second-order valence-corrected chi connectivity index (χ2v) is 0.283. The van der Waals surface area contributed by atoms with Crippen LogP contribution in [0.4, 0.5) is 4.79 Å². The van der Waals surface area contributed by atoms with Gasteiger partial charge in [-0.3, -0.25) is 0 Å². The van der Waals surface area contributed by atoms with Gasteiger partial charge in [-0.2, -0.15) is 0 Å². The van der Waals surface area contributed by atoms with Gasteiger partial charge < -0.3 is 10.2 Å². The molecule has 0 aromatic rings. The van der Waals surface area contributed by atoms with Crippen molar-refractivity contribution in [3.05, 3.63) is 0 Å². The van der Waals surface area contributed by atoms with Crippen LogP contribution in [0.15, 0.2) is 0 Å². The van der Waals surface area contributed by atoms with Gasteiger partial charge in [-0.15, -0.1) is 0 Å². The van der Waals surface area contributed by atoms with Gasteiger partial charge in [0, 0.05) is 0 Å². The molecule has 0 unspecified atom stereocenters. The van der Waals surface area contributed by atoms with Crippen LogP contribution in [0.3, 0.4) is 0 Å². The standard InChI is InChI=1S/CH2O3.K.Na/c2-1(3)4;;/h(H2,2,3,4);;/q;2*+1/p+1. The normalized spacial score (nSPS) is 4.00. The quantitative estimate of drug-likeness (QED) is 0.317. The Labute approximate surface area is 101 Å². The summed E-state index contributed by atoms with van der Waals surface area (Å²) in [6.07, 6.45) is -1.83. The molecule has 0 bridgehead atoms. The second-order valence-electron chi connectivity index (χ2n) is 0.283. The first-order valence-corrected chi connectivity index (χ1v) is 0.651. The molecule has 0 spiro atoms. The zero-order chi connectivity index (χ0) is 3.58. The summed E-state index contributed by atoms with van der Waals surface area (Å²) in [6.45, 7) is 0. The number of carbonyl (C=O) groups is 1. The molecular formula is CH3KNaO3+3. The molecule has 0 fully saturated rings. The molecule has 0 heterocycles. The summed E-state index contributed by atoms with van der Waals surface area (Å²) in [5.74, 6) is 0. The van der Waals surface area contributed by atoms with E-state index in [0.29, 0.717) is 0 Å². The summed E-state index contributed by atoms with van der Waals surface area (Å²) in [7, 11) is 0. The molecule has 0 aliphatic rings. The molecular weight excluding hydrogens is 122 g/mol. The van der Waals surface area contributed by atoms with E-state index in [1.807, 2.05) is 0 Å². The van der Waals surface area contributed by atoms with Crippen molar-refractivity contribution in [3.63, 3.8) is 0 Å². The van der Waals surface area contributed by atoms with Crippen molar-refractivity contribution < 1.29 is 97.4 Å². The van der Waals surface area contributed by atoms with Crippen LogP contribution >= 0.6 is 0 Å². The second kappa shape index (κ2) is 10.0. The molecule has 6 heavy (non-hydrogen) atoms. The van der Waals surface area contributed by atoms with Gasteiger partial charge >= 0.3 is 88.5 Å². The Kier molecular flexibility index (Phi) is 26.1. The van der Waals surface area contributed by atoms with Crippen LogP contribution in [0, 0.1) is 0 Å². The Balaban J connectivity index is -0.0000000150. The zero-order valence-corrected chi connectivity index (χ0v) is 8.93. The fraction of sp³-hybridized carbons (Fsp3) is 0. The zero-order valence-electron chi connectivity index (χ0n) is 4.80. The predicted molar refractivity (Wildman–Crippen MR) is 11.8 cm³/mol. The first-order chi connectivity index (χ1) is 1.73. The predicted octanol–water partition coefficient (Wildman–Crippen LogP) is -5.66. The minimum absolute atomic E-state index is 0.